The van der Waals surface area contributed by atoms with Crippen molar-refractivity contribution in [1.82, 2.24) is 5.32 Å². The van der Waals surface area contributed by atoms with E-state index in [1.807, 2.05) is 13.8 Å². The van der Waals surface area contributed by atoms with E-state index in [0.717, 1.165) is 12.8 Å². The predicted molar refractivity (Wildman–Crippen MR) is 58.5 cm³/mol. The van der Waals surface area contributed by atoms with Crippen LogP contribution in [0.25, 0.3) is 0 Å². The van der Waals surface area contributed by atoms with Gasteiger partial charge in [0.05, 0.1) is 5.41 Å². The third-order valence-corrected chi connectivity index (χ3v) is 2.31. The van der Waals surface area contributed by atoms with Gasteiger partial charge in [0.25, 0.3) is 0 Å². The summed E-state index contributed by atoms with van der Waals surface area (Å²) in [6.07, 6.45) is 1.94. The van der Waals surface area contributed by atoms with Crippen LogP contribution in [0.15, 0.2) is 0 Å². The lowest BCUT2D eigenvalue weighted by Gasteiger charge is -2.20. The quantitative estimate of drug-likeness (QED) is 0.710. The van der Waals surface area contributed by atoms with Crippen LogP contribution >= 0.6 is 0 Å². The van der Waals surface area contributed by atoms with E-state index in [9.17, 15) is 9.59 Å². The van der Waals surface area contributed by atoms with Gasteiger partial charge in [-0.05, 0) is 27.2 Å². The zero-order valence-electron chi connectivity index (χ0n) is 9.96. The Morgan fingerprint density at radius 3 is 2.33 bits per heavy atom. The largest absolute Gasteiger partial charge is 0.481 e. The highest BCUT2D eigenvalue weighted by Crippen LogP contribution is 2.20. The van der Waals surface area contributed by atoms with Crippen molar-refractivity contribution >= 4 is 11.9 Å². The van der Waals surface area contributed by atoms with Crippen molar-refractivity contribution in [1.29, 1.82) is 0 Å². The number of carbonyl (C=O) groups is 2. The molecule has 2 N–H and O–H groups in total. The van der Waals surface area contributed by atoms with E-state index in [-0.39, 0.29) is 18.4 Å². The average Bonchev–Trinajstić information content (AvgIpc) is 2.02. The summed E-state index contributed by atoms with van der Waals surface area (Å²) in [5.41, 5.74) is -0.990. The van der Waals surface area contributed by atoms with Crippen LogP contribution in [-0.2, 0) is 9.59 Å². The minimum absolute atomic E-state index is 0.0242. The lowest BCUT2D eigenvalue weighted by Crippen LogP contribution is -2.37. The second kappa shape index (κ2) is 5.73. The molecular formula is C11H21NO3. The van der Waals surface area contributed by atoms with Gasteiger partial charge in [-0.15, -0.1) is 0 Å². The maximum absolute atomic E-state index is 11.5. The average molecular weight is 215 g/mol. The first-order valence-electron chi connectivity index (χ1n) is 5.32. The molecule has 0 aromatic carbocycles. The lowest BCUT2D eigenvalue weighted by atomic mass is 9.89. The zero-order valence-corrected chi connectivity index (χ0v) is 9.96. The van der Waals surface area contributed by atoms with E-state index in [1.165, 1.54) is 0 Å². The summed E-state index contributed by atoms with van der Waals surface area (Å²) in [5, 5.41) is 11.6. The molecule has 0 aliphatic carbocycles. The molecule has 0 heterocycles. The molecule has 0 aromatic heterocycles. The predicted octanol–water partition coefficient (Wildman–Crippen LogP) is 1.79. The highest BCUT2D eigenvalue weighted by atomic mass is 16.4. The zero-order chi connectivity index (χ0) is 12.1. The molecule has 0 spiro atoms. The third kappa shape index (κ3) is 5.40. The number of amides is 1. The molecule has 0 aliphatic rings. The van der Waals surface area contributed by atoms with Crippen LogP contribution in [0, 0.1) is 5.41 Å². The first-order chi connectivity index (χ1) is 6.79. The van der Waals surface area contributed by atoms with E-state index in [2.05, 4.69) is 5.32 Å². The van der Waals surface area contributed by atoms with Crippen molar-refractivity contribution < 1.29 is 14.7 Å². The van der Waals surface area contributed by atoms with Crippen LogP contribution < -0.4 is 5.32 Å². The molecule has 0 bridgehead atoms. The number of rotatable bonds is 6. The number of carboxylic acid groups (broad SMARTS) is 1. The second-order valence-electron chi connectivity index (χ2n) is 4.62. The van der Waals surface area contributed by atoms with Crippen molar-refractivity contribution in [3.05, 3.63) is 0 Å². The Hall–Kier alpha value is -1.06. The molecule has 4 heteroatoms. The van der Waals surface area contributed by atoms with Gasteiger partial charge in [-0.3, -0.25) is 9.59 Å². The third-order valence-electron chi connectivity index (χ3n) is 2.31. The van der Waals surface area contributed by atoms with Crippen molar-refractivity contribution in [3.63, 3.8) is 0 Å². The molecule has 4 nitrogen and oxygen atoms in total. The standard InChI is InChI=1S/C11H21NO3/c1-5-6-8(2)12-9(13)7-11(3,4)10(14)15/h8H,5-7H2,1-4H3,(H,12,13)(H,14,15). The van der Waals surface area contributed by atoms with E-state index in [1.54, 1.807) is 13.8 Å². The summed E-state index contributed by atoms with van der Waals surface area (Å²) in [5.74, 6) is -1.14. The molecule has 0 fully saturated rings. The summed E-state index contributed by atoms with van der Waals surface area (Å²) in [7, 11) is 0. The summed E-state index contributed by atoms with van der Waals surface area (Å²) in [6.45, 7) is 7.08. The van der Waals surface area contributed by atoms with Crippen LogP contribution in [0.2, 0.25) is 0 Å². The van der Waals surface area contributed by atoms with Crippen LogP contribution in [0.5, 0.6) is 0 Å². The number of aliphatic carboxylic acids is 1. The first kappa shape index (κ1) is 13.9. The number of hydrogen-bond acceptors (Lipinski definition) is 2. The van der Waals surface area contributed by atoms with Crippen LogP contribution in [0.1, 0.15) is 47.0 Å². The highest BCUT2D eigenvalue weighted by Gasteiger charge is 2.30. The minimum Gasteiger partial charge on any atom is -0.481 e. The molecule has 15 heavy (non-hydrogen) atoms. The SMILES string of the molecule is CCCC(C)NC(=O)CC(C)(C)C(=O)O. The minimum atomic E-state index is -0.990. The summed E-state index contributed by atoms with van der Waals surface area (Å²) in [4.78, 5) is 22.3. The van der Waals surface area contributed by atoms with Crippen molar-refractivity contribution in [2.24, 2.45) is 5.41 Å². The number of carbonyl (C=O) groups excluding carboxylic acids is 1. The summed E-state index contributed by atoms with van der Waals surface area (Å²) >= 11 is 0. The Labute approximate surface area is 91.1 Å². The Balaban J connectivity index is 4.09. The van der Waals surface area contributed by atoms with Gasteiger partial charge in [-0.25, -0.2) is 0 Å². The molecule has 0 aromatic rings. The van der Waals surface area contributed by atoms with Crippen molar-refractivity contribution in [3.8, 4) is 0 Å². The van der Waals surface area contributed by atoms with Gasteiger partial charge in [-0.2, -0.15) is 0 Å². The fourth-order valence-corrected chi connectivity index (χ4v) is 1.31. The molecule has 88 valence electrons. The summed E-state index contributed by atoms with van der Waals surface area (Å²) < 4.78 is 0. The highest BCUT2D eigenvalue weighted by molar-refractivity contribution is 5.84. The Morgan fingerprint density at radius 1 is 1.40 bits per heavy atom. The van der Waals surface area contributed by atoms with Crippen LogP contribution in [0.4, 0.5) is 0 Å². The number of hydrogen-bond donors (Lipinski definition) is 2. The molecule has 1 amide bonds. The first-order valence-corrected chi connectivity index (χ1v) is 5.32. The van der Waals surface area contributed by atoms with E-state index >= 15 is 0 Å². The Kier molecular flexibility index (Phi) is 5.33. The van der Waals surface area contributed by atoms with E-state index in [4.69, 9.17) is 5.11 Å². The maximum Gasteiger partial charge on any atom is 0.309 e. The number of carboxylic acids is 1. The molecule has 0 saturated carbocycles. The van der Waals surface area contributed by atoms with Crippen LogP contribution in [0.3, 0.4) is 0 Å². The monoisotopic (exact) mass is 215 g/mol. The van der Waals surface area contributed by atoms with Gasteiger partial charge < -0.3 is 10.4 Å². The van der Waals surface area contributed by atoms with Crippen molar-refractivity contribution in [2.45, 2.75) is 53.0 Å². The maximum atomic E-state index is 11.5. The van der Waals surface area contributed by atoms with Gasteiger partial charge in [-0.1, -0.05) is 13.3 Å². The molecule has 0 aliphatic heterocycles. The smallest absolute Gasteiger partial charge is 0.309 e. The van der Waals surface area contributed by atoms with Gasteiger partial charge in [0.15, 0.2) is 0 Å². The van der Waals surface area contributed by atoms with Gasteiger partial charge in [0.1, 0.15) is 0 Å². The second-order valence-corrected chi connectivity index (χ2v) is 4.62. The normalized spacial score (nSPS) is 13.3. The summed E-state index contributed by atoms with van der Waals surface area (Å²) in [6, 6.07) is 0.118. The van der Waals surface area contributed by atoms with E-state index in [0.29, 0.717) is 0 Å². The lowest BCUT2D eigenvalue weighted by molar-refractivity contribution is -0.149. The molecule has 1 unspecified atom stereocenters. The number of nitrogens with one attached hydrogen (secondary N) is 1. The van der Waals surface area contributed by atoms with Gasteiger partial charge >= 0.3 is 5.97 Å². The van der Waals surface area contributed by atoms with Crippen LogP contribution in [-0.4, -0.2) is 23.0 Å². The fourth-order valence-electron chi connectivity index (χ4n) is 1.31. The molecule has 1 atom stereocenters. The van der Waals surface area contributed by atoms with E-state index < -0.39 is 11.4 Å². The van der Waals surface area contributed by atoms with Crippen molar-refractivity contribution in [2.75, 3.05) is 0 Å². The molecule has 0 saturated heterocycles. The van der Waals surface area contributed by atoms with Gasteiger partial charge in [0, 0.05) is 12.5 Å². The Morgan fingerprint density at radius 2 is 1.93 bits per heavy atom. The molecule has 0 radical (unpaired) electrons. The Bertz CT molecular complexity index is 236. The van der Waals surface area contributed by atoms with Gasteiger partial charge in [0.2, 0.25) is 5.91 Å². The molecular weight excluding hydrogens is 194 g/mol. The fraction of sp³-hybridized carbons (Fsp3) is 0.818. The topological polar surface area (TPSA) is 66.4 Å². The molecule has 0 rings (SSSR count).